The molecule has 3 saturated carbocycles. The second kappa shape index (κ2) is 15.3. The summed E-state index contributed by atoms with van der Waals surface area (Å²) in [5, 5.41) is -0.109. The van der Waals surface area contributed by atoms with Crippen molar-refractivity contribution in [3.8, 4) is 0 Å². The Labute approximate surface area is 320 Å². The first-order chi connectivity index (χ1) is 24.5. The van der Waals surface area contributed by atoms with Gasteiger partial charge in [-0.25, -0.2) is 0 Å². The molecule has 51 heavy (non-hydrogen) atoms. The first-order valence-corrected chi connectivity index (χ1v) is 22.9. The van der Waals surface area contributed by atoms with Gasteiger partial charge < -0.3 is 9.80 Å². The van der Waals surface area contributed by atoms with Gasteiger partial charge in [-0.2, -0.15) is 0 Å². The Hall–Kier alpha value is -2.12. The van der Waals surface area contributed by atoms with E-state index in [-0.39, 0.29) is 5.38 Å². The summed E-state index contributed by atoms with van der Waals surface area (Å²) in [5.41, 5.74) is 14.7. The molecule has 0 spiro atoms. The molecular formula is C46H61Cl2N2P. The molecule has 5 heteroatoms. The van der Waals surface area contributed by atoms with Gasteiger partial charge in [0.2, 0.25) is 0 Å². The fraction of sp³-hybridized carbons (Fsp3) is 0.543. The fourth-order valence-corrected chi connectivity index (χ4v) is 19.8. The maximum Gasteiger partial charge on any atom is 0.116 e. The number of alkyl halides is 2. The highest BCUT2D eigenvalue weighted by atomic mass is 35.5. The van der Waals surface area contributed by atoms with Crippen LogP contribution in [0, 0.1) is 41.5 Å². The Kier molecular flexibility index (Phi) is 11.2. The van der Waals surface area contributed by atoms with Crippen molar-refractivity contribution in [2.45, 2.75) is 146 Å². The molecule has 2 unspecified atom stereocenters. The van der Waals surface area contributed by atoms with Crippen LogP contribution >= 0.6 is 30.1 Å². The third kappa shape index (κ3) is 6.78. The summed E-state index contributed by atoms with van der Waals surface area (Å²) >= 11 is 17.0. The molecule has 3 aliphatic carbocycles. The number of rotatable bonds is 6. The van der Waals surface area contributed by atoms with E-state index < -0.39 is 11.5 Å². The summed E-state index contributed by atoms with van der Waals surface area (Å²) in [6.07, 6.45) is 16.3. The number of halogens is 2. The molecule has 0 N–H and O–H groups in total. The van der Waals surface area contributed by atoms with Crippen LogP contribution in [0.2, 0.25) is 0 Å². The van der Waals surface area contributed by atoms with E-state index in [1.807, 2.05) is 0 Å². The summed E-state index contributed by atoms with van der Waals surface area (Å²) < 4.78 is -0.507. The Morgan fingerprint density at radius 3 is 1.53 bits per heavy atom. The summed E-state index contributed by atoms with van der Waals surface area (Å²) in [4.78, 5) is 5.35. The lowest BCUT2D eigenvalue weighted by Crippen LogP contribution is -2.45. The molecule has 0 bridgehead atoms. The zero-order chi connectivity index (χ0) is 35.9. The first-order valence-electron chi connectivity index (χ1n) is 20.1. The standard InChI is InChI=1S/C46H61Cl2N2P/c1-32-27-34(3)43(35(4)28-32)49-25-26-50(44-36(5)29-33(2)30-37(44)6)45(49)42-41(47)23-16-24-46(42,48)51(39-19-12-8-13-20-39,40-21-14-9-15-22-40)31-38-17-10-7-11-18-38/h7,10-11,17-18,27-31,39-41H,8-9,12-16,19-26H2,1-6H3. The predicted octanol–water partition coefficient (Wildman–Crippen LogP) is 13.3. The fourth-order valence-electron chi connectivity index (χ4n) is 11.2. The molecule has 0 aromatic heterocycles. The van der Waals surface area contributed by atoms with Gasteiger partial charge in [-0.1, -0.05) is 117 Å². The van der Waals surface area contributed by atoms with Crippen molar-refractivity contribution in [2.75, 3.05) is 22.9 Å². The minimum Gasteiger partial charge on any atom is -0.325 e. The monoisotopic (exact) mass is 742 g/mol. The largest absolute Gasteiger partial charge is 0.325 e. The maximum atomic E-state index is 8.99. The molecule has 3 aromatic carbocycles. The number of benzene rings is 3. The molecule has 3 aromatic rings. The second-order valence-corrected chi connectivity index (χ2v) is 22.2. The van der Waals surface area contributed by atoms with Crippen molar-refractivity contribution in [2.24, 2.45) is 0 Å². The summed E-state index contributed by atoms with van der Waals surface area (Å²) in [7, 11) is 0. The summed E-state index contributed by atoms with van der Waals surface area (Å²) in [6, 6.07) is 20.8. The zero-order valence-corrected chi connectivity index (χ0v) is 34.6. The maximum absolute atomic E-state index is 8.99. The van der Waals surface area contributed by atoms with Gasteiger partial charge in [-0.05, 0) is 126 Å². The van der Waals surface area contributed by atoms with Crippen LogP contribution in [-0.2, 0) is 0 Å². The zero-order valence-electron chi connectivity index (χ0n) is 32.2. The lowest BCUT2D eigenvalue weighted by Gasteiger charge is -2.57. The number of nitrogens with zero attached hydrogens (tertiary/aromatic N) is 2. The van der Waals surface area contributed by atoms with Gasteiger partial charge in [-0.15, -0.1) is 23.2 Å². The lowest BCUT2D eigenvalue weighted by molar-refractivity contribution is 0.469. The molecule has 0 amide bonds. The van der Waals surface area contributed by atoms with E-state index in [2.05, 4.69) is 112 Å². The average molecular weight is 744 g/mol. The first kappa shape index (κ1) is 37.2. The summed E-state index contributed by atoms with van der Waals surface area (Å²) in [6.45, 7) is 13.5. The summed E-state index contributed by atoms with van der Waals surface area (Å²) in [5.74, 6) is 4.14. The van der Waals surface area contributed by atoms with Crippen molar-refractivity contribution >= 4 is 47.3 Å². The third-order valence-corrected chi connectivity index (χ3v) is 20.5. The van der Waals surface area contributed by atoms with Gasteiger partial charge >= 0.3 is 0 Å². The van der Waals surface area contributed by atoms with E-state index in [4.69, 9.17) is 23.2 Å². The Balaban J connectivity index is 1.59. The van der Waals surface area contributed by atoms with Crippen LogP contribution in [0.4, 0.5) is 11.4 Å². The number of allylic oxidation sites excluding steroid dienone is 1. The molecule has 1 heterocycles. The highest BCUT2D eigenvalue weighted by Crippen LogP contribution is 2.78. The normalized spacial score (nSPS) is 24.0. The van der Waals surface area contributed by atoms with Gasteiger partial charge in [-0.3, -0.25) is 0 Å². The number of hydrogen-bond acceptors (Lipinski definition) is 2. The Bertz CT molecular complexity index is 1680. The molecule has 7 rings (SSSR count). The van der Waals surface area contributed by atoms with Crippen LogP contribution in [0.15, 0.2) is 66.0 Å². The minimum atomic E-state index is -2.06. The van der Waals surface area contributed by atoms with Gasteiger partial charge in [0.05, 0.1) is 9.99 Å². The van der Waals surface area contributed by atoms with Crippen LogP contribution in [0.5, 0.6) is 0 Å². The van der Waals surface area contributed by atoms with Gasteiger partial charge in [0, 0.05) is 30.0 Å². The number of aryl methyl sites for hydroxylation is 6. The van der Waals surface area contributed by atoms with Crippen molar-refractivity contribution in [3.63, 3.8) is 0 Å². The van der Waals surface area contributed by atoms with Gasteiger partial charge in [0.25, 0.3) is 0 Å². The van der Waals surface area contributed by atoms with E-state index in [9.17, 15) is 0 Å². The lowest BCUT2D eigenvalue weighted by atomic mass is 9.91. The highest BCUT2D eigenvalue weighted by molar-refractivity contribution is 7.79. The molecular weight excluding hydrogens is 682 g/mol. The van der Waals surface area contributed by atoms with Crippen LogP contribution in [0.25, 0.3) is 0 Å². The van der Waals surface area contributed by atoms with Crippen molar-refractivity contribution in [1.29, 1.82) is 0 Å². The molecule has 274 valence electrons. The third-order valence-electron chi connectivity index (χ3n) is 12.9. The SMILES string of the molecule is Cc1cc(C)c(N2CCN(c3c(C)cc(C)cc3C)C2=C2C(Cl)CCCC2(Cl)P(=Cc2ccccc2)(C2CCCCC2)C2CCCCC2)c(C)c1. The Morgan fingerprint density at radius 1 is 0.627 bits per heavy atom. The molecule has 2 atom stereocenters. The number of anilines is 2. The van der Waals surface area contributed by atoms with E-state index in [0.717, 1.165) is 32.4 Å². The smallest absolute Gasteiger partial charge is 0.116 e. The van der Waals surface area contributed by atoms with E-state index >= 15 is 0 Å². The van der Waals surface area contributed by atoms with Crippen molar-refractivity contribution < 1.29 is 0 Å². The quantitative estimate of drug-likeness (QED) is 0.183. The van der Waals surface area contributed by atoms with Crippen molar-refractivity contribution in [3.05, 3.63) is 105 Å². The van der Waals surface area contributed by atoms with E-state index in [1.54, 1.807) is 0 Å². The molecule has 1 saturated heterocycles. The van der Waals surface area contributed by atoms with Crippen LogP contribution < -0.4 is 9.80 Å². The predicted molar refractivity (Wildman–Crippen MR) is 227 cm³/mol. The van der Waals surface area contributed by atoms with Gasteiger partial charge in [0.1, 0.15) is 5.82 Å². The molecule has 0 radical (unpaired) electrons. The van der Waals surface area contributed by atoms with Gasteiger partial charge in [0.15, 0.2) is 0 Å². The van der Waals surface area contributed by atoms with Crippen LogP contribution in [-0.4, -0.2) is 40.2 Å². The minimum absolute atomic E-state index is 0.109. The average Bonchev–Trinajstić information content (AvgIpc) is 3.50. The van der Waals surface area contributed by atoms with Crippen molar-refractivity contribution in [1.82, 2.24) is 0 Å². The molecule has 4 fully saturated rings. The molecule has 1 aliphatic heterocycles. The van der Waals surface area contributed by atoms with Crippen LogP contribution in [0.1, 0.15) is 122 Å². The second-order valence-electron chi connectivity index (χ2n) is 16.6. The van der Waals surface area contributed by atoms with Crippen LogP contribution in [0.3, 0.4) is 0 Å². The Morgan fingerprint density at radius 2 is 1.08 bits per heavy atom. The highest BCUT2D eigenvalue weighted by Gasteiger charge is 2.57. The molecule has 4 aliphatic rings. The topological polar surface area (TPSA) is 6.48 Å². The van der Waals surface area contributed by atoms with E-state index in [1.165, 1.54) is 126 Å². The van der Waals surface area contributed by atoms with E-state index in [0.29, 0.717) is 11.3 Å². The molecule has 2 nitrogen and oxygen atoms in total. The number of hydrogen-bond donors (Lipinski definition) is 0.